The van der Waals surface area contributed by atoms with Gasteiger partial charge in [-0.25, -0.2) is 15.0 Å². The second kappa shape index (κ2) is 4.04. The third-order valence-corrected chi connectivity index (χ3v) is 2.76. The van der Waals surface area contributed by atoms with E-state index in [1.54, 1.807) is 11.7 Å². The summed E-state index contributed by atoms with van der Waals surface area (Å²) >= 11 is 1.53. The summed E-state index contributed by atoms with van der Waals surface area (Å²) < 4.78 is 0. The van der Waals surface area contributed by atoms with Crippen LogP contribution in [-0.2, 0) is 0 Å². The van der Waals surface area contributed by atoms with Gasteiger partial charge in [0.15, 0.2) is 5.82 Å². The molecule has 0 spiro atoms. The molecule has 78 valence electrons. The number of hydrogen-bond acceptors (Lipinski definition) is 5. The average molecular weight is 220 g/mol. The Morgan fingerprint density at radius 3 is 2.73 bits per heavy atom. The lowest BCUT2D eigenvalue weighted by Gasteiger charge is -2.08. The van der Waals surface area contributed by atoms with E-state index in [-0.39, 0.29) is 6.04 Å². The van der Waals surface area contributed by atoms with E-state index in [1.165, 1.54) is 11.3 Å². The predicted octanol–water partition coefficient (Wildman–Crippen LogP) is 1.93. The molecule has 2 aromatic rings. The molecule has 0 bridgehead atoms. The van der Waals surface area contributed by atoms with Gasteiger partial charge >= 0.3 is 0 Å². The van der Waals surface area contributed by atoms with Crippen molar-refractivity contribution in [1.29, 1.82) is 0 Å². The Kier molecular flexibility index (Phi) is 2.75. The average Bonchev–Trinajstić information content (AvgIpc) is 2.69. The smallest absolute Gasteiger partial charge is 0.179 e. The predicted molar refractivity (Wildman–Crippen MR) is 60.5 cm³/mol. The van der Waals surface area contributed by atoms with E-state index in [4.69, 9.17) is 5.73 Å². The van der Waals surface area contributed by atoms with Gasteiger partial charge in [-0.2, -0.15) is 0 Å². The molecular weight excluding hydrogens is 208 g/mol. The third kappa shape index (κ3) is 2.03. The first-order chi connectivity index (χ1) is 7.18. The minimum absolute atomic E-state index is 0.0329. The number of hydrogen-bond donors (Lipinski definition) is 1. The van der Waals surface area contributed by atoms with Crippen LogP contribution >= 0.6 is 11.3 Å². The van der Waals surface area contributed by atoms with E-state index in [0.717, 1.165) is 17.0 Å². The monoisotopic (exact) mass is 220 g/mol. The van der Waals surface area contributed by atoms with E-state index in [9.17, 15) is 0 Å². The molecule has 15 heavy (non-hydrogen) atoms. The molecule has 0 aliphatic carbocycles. The van der Waals surface area contributed by atoms with E-state index >= 15 is 0 Å². The lowest BCUT2D eigenvalue weighted by molar-refractivity contribution is 0.790. The molecule has 0 fully saturated rings. The highest BCUT2D eigenvalue weighted by Gasteiger charge is 2.09. The highest BCUT2D eigenvalue weighted by Crippen LogP contribution is 2.18. The van der Waals surface area contributed by atoms with Crippen molar-refractivity contribution in [2.75, 3.05) is 0 Å². The van der Waals surface area contributed by atoms with E-state index in [0.29, 0.717) is 5.82 Å². The van der Waals surface area contributed by atoms with Gasteiger partial charge in [-0.05, 0) is 13.8 Å². The van der Waals surface area contributed by atoms with Gasteiger partial charge in [0.2, 0.25) is 0 Å². The summed E-state index contributed by atoms with van der Waals surface area (Å²) in [4.78, 5) is 12.8. The zero-order valence-electron chi connectivity index (χ0n) is 8.64. The Balaban J connectivity index is 2.42. The van der Waals surface area contributed by atoms with Crippen molar-refractivity contribution in [3.8, 4) is 11.5 Å². The first-order valence-electron chi connectivity index (χ1n) is 4.66. The van der Waals surface area contributed by atoms with Crippen molar-refractivity contribution in [2.24, 2.45) is 5.73 Å². The van der Waals surface area contributed by atoms with Gasteiger partial charge in [-0.3, -0.25) is 0 Å². The van der Waals surface area contributed by atoms with Crippen LogP contribution in [0, 0.1) is 6.92 Å². The molecule has 0 amide bonds. The van der Waals surface area contributed by atoms with Crippen molar-refractivity contribution < 1.29 is 0 Å². The van der Waals surface area contributed by atoms with Crippen LogP contribution in [0.15, 0.2) is 17.1 Å². The molecular formula is C10H12N4S. The fourth-order valence-electron chi connectivity index (χ4n) is 1.37. The van der Waals surface area contributed by atoms with Crippen molar-refractivity contribution in [2.45, 2.75) is 19.9 Å². The van der Waals surface area contributed by atoms with Gasteiger partial charge in [-0.1, -0.05) is 0 Å². The molecule has 0 saturated carbocycles. The third-order valence-electron chi connectivity index (χ3n) is 2.17. The number of nitrogens with zero attached hydrogens (tertiary/aromatic N) is 3. The molecule has 5 heteroatoms. The Morgan fingerprint density at radius 2 is 2.20 bits per heavy atom. The fraction of sp³-hybridized carbons (Fsp3) is 0.300. The maximum Gasteiger partial charge on any atom is 0.179 e. The Hall–Kier alpha value is -1.33. The quantitative estimate of drug-likeness (QED) is 0.839. The van der Waals surface area contributed by atoms with Crippen LogP contribution in [0.25, 0.3) is 11.5 Å². The zero-order valence-corrected chi connectivity index (χ0v) is 9.45. The molecule has 2 N–H and O–H groups in total. The molecule has 2 heterocycles. The van der Waals surface area contributed by atoms with Crippen molar-refractivity contribution in [3.63, 3.8) is 0 Å². The minimum Gasteiger partial charge on any atom is -0.324 e. The maximum absolute atomic E-state index is 5.79. The highest BCUT2D eigenvalue weighted by atomic mass is 32.1. The van der Waals surface area contributed by atoms with Gasteiger partial charge in [0, 0.05) is 28.9 Å². The maximum atomic E-state index is 5.79. The molecule has 2 aromatic heterocycles. The molecule has 2 rings (SSSR count). The van der Waals surface area contributed by atoms with Gasteiger partial charge in [0.05, 0.1) is 5.51 Å². The van der Waals surface area contributed by atoms with E-state index in [2.05, 4.69) is 15.0 Å². The molecule has 1 unspecified atom stereocenters. The van der Waals surface area contributed by atoms with Gasteiger partial charge in [0.25, 0.3) is 0 Å². The minimum atomic E-state index is -0.0329. The van der Waals surface area contributed by atoms with Crippen molar-refractivity contribution in [3.05, 3.63) is 28.3 Å². The summed E-state index contributed by atoms with van der Waals surface area (Å²) in [5.41, 5.74) is 10.3. The van der Waals surface area contributed by atoms with Crippen LogP contribution in [-0.4, -0.2) is 15.0 Å². The van der Waals surface area contributed by atoms with Gasteiger partial charge < -0.3 is 5.73 Å². The molecule has 0 aromatic carbocycles. The van der Waals surface area contributed by atoms with Crippen LogP contribution in [0.4, 0.5) is 0 Å². The summed E-state index contributed by atoms with van der Waals surface area (Å²) in [6.45, 7) is 3.87. The van der Waals surface area contributed by atoms with Crippen LogP contribution in [0.1, 0.15) is 24.2 Å². The Labute approximate surface area is 92.2 Å². The number of nitrogens with two attached hydrogens (primary N) is 1. The number of aromatic nitrogens is 3. The fourth-order valence-corrected chi connectivity index (χ4v) is 1.90. The molecule has 0 aliphatic heterocycles. The summed E-state index contributed by atoms with van der Waals surface area (Å²) in [5.74, 6) is 0.665. The number of aryl methyl sites for hydroxylation is 1. The number of rotatable bonds is 2. The summed E-state index contributed by atoms with van der Waals surface area (Å²) in [5, 5.41) is 1.93. The van der Waals surface area contributed by atoms with Crippen LogP contribution in [0.5, 0.6) is 0 Å². The first-order valence-corrected chi connectivity index (χ1v) is 5.60. The van der Waals surface area contributed by atoms with Crippen LogP contribution in [0.2, 0.25) is 0 Å². The SMILES string of the molecule is Cc1nc(-c2cscn2)ncc1C(C)N. The second-order valence-corrected chi connectivity index (χ2v) is 4.12. The summed E-state index contributed by atoms with van der Waals surface area (Å²) in [6.07, 6.45) is 1.78. The van der Waals surface area contributed by atoms with E-state index < -0.39 is 0 Å². The van der Waals surface area contributed by atoms with Crippen LogP contribution < -0.4 is 5.73 Å². The Morgan fingerprint density at radius 1 is 1.40 bits per heavy atom. The molecule has 4 nitrogen and oxygen atoms in total. The molecule has 1 atom stereocenters. The van der Waals surface area contributed by atoms with Crippen molar-refractivity contribution >= 4 is 11.3 Å². The summed E-state index contributed by atoms with van der Waals surface area (Å²) in [7, 11) is 0. The molecule has 0 radical (unpaired) electrons. The standard InChI is InChI=1S/C10H12N4S/c1-6(11)8-3-12-10(14-7(8)2)9-4-15-5-13-9/h3-6H,11H2,1-2H3. The van der Waals surface area contributed by atoms with Gasteiger partial charge in [-0.15, -0.1) is 11.3 Å². The number of thiazole rings is 1. The second-order valence-electron chi connectivity index (χ2n) is 3.40. The molecule has 0 aliphatic rings. The lowest BCUT2D eigenvalue weighted by atomic mass is 10.1. The van der Waals surface area contributed by atoms with Gasteiger partial charge in [0.1, 0.15) is 5.69 Å². The van der Waals surface area contributed by atoms with E-state index in [1.807, 2.05) is 19.2 Å². The topological polar surface area (TPSA) is 64.7 Å². The lowest BCUT2D eigenvalue weighted by Crippen LogP contribution is -2.09. The largest absolute Gasteiger partial charge is 0.324 e. The van der Waals surface area contributed by atoms with Crippen LogP contribution in [0.3, 0.4) is 0 Å². The highest BCUT2D eigenvalue weighted by molar-refractivity contribution is 7.07. The summed E-state index contributed by atoms with van der Waals surface area (Å²) in [6, 6.07) is -0.0329. The van der Waals surface area contributed by atoms with Crippen molar-refractivity contribution in [1.82, 2.24) is 15.0 Å². The normalized spacial score (nSPS) is 12.7. The first kappa shape index (κ1) is 10.2. The Bertz CT molecular complexity index is 450. The zero-order chi connectivity index (χ0) is 10.8. The molecule has 0 saturated heterocycles.